The number of aryl methyl sites for hydroxylation is 1. The third kappa shape index (κ3) is 2.63. The van der Waals surface area contributed by atoms with Crippen molar-refractivity contribution in [3.63, 3.8) is 0 Å². The molecule has 0 amide bonds. The highest BCUT2D eigenvalue weighted by Gasteiger charge is 2.23. The van der Waals surface area contributed by atoms with Crippen LogP contribution in [0, 0.1) is 12.8 Å². The number of nitrogens with zero attached hydrogens (tertiary/aromatic N) is 2. The van der Waals surface area contributed by atoms with Gasteiger partial charge in [-0.2, -0.15) is 0 Å². The fourth-order valence-electron chi connectivity index (χ4n) is 2.64. The summed E-state index contributed by atoms with van der Waals surface area (Å²) in [6.07, 6.45) is 6.27. The molecule has 4 heteroatoms. The Morgan fingerprint density at radius 2 is 2.19 bits per heavy atom. The fraction of sp³-hybridized carbons (Fsp3) is 0.294. The Morgan fingerprint density at radius 1 is 1.38 bits per heavy atom. The van der Waals surface area contributed by atoms with Crippen molar-refractivity contribution in [1.82, 2.24) is 9.55 Å². The monoisotopic (exact) mass is 298 g/mol. The molecule has 0 radical (unpaired) electrons. The Hall–Kier alpha value is -1.94. The summed E-state index contributed by atoms with van der Waals surface area (Å²) in [7, 11) is 0. The van der Waals surface area contributed by atoms with Gasteiger partial charge in [-0.05, 0) is 30.4 Å². The Labute approximate surface area is 128 Å². The minimum absolute atomic E-state index is 0.00552. The molecule has 0 aliphatic heterocycles. The molecule has 1 aromatic carbocycles. The van der Waals surface area contributed by atoms with E-state index in [1.54, 1.807) is 23.9 Å². The first-order valence-corrected chi connectivity index (χ1v) is 8.00. The molecular weight excluding hydrogens is 280 g/mol. The normalized spacial score (nSPS) is 12.7. The lowest BCUT2D eigenvalue weighted by atomic mass is 9.97. The van der Waals surface area contributed by atoms with Gasteiger partial charge in [-0.15, -0.1) is 11.3 Å². The molecule has 3 nitrogen and oxygen atoms in total. The number of rotatable bonds is 5. The van der Waals surface area contributed by atoms with Crippen LogP contribution in [0.2, 0.25) is 0 Å². The number of carbonyl (C=O) groups excluding carboxylic acids is 1. The molecule has 0 spiro atoms. The lowest BCUT2D eigenvalue weighted by Gasteiger charge is -2.13. The van der Waals surface area contributed by atoms with E-state index in [0.717, 1.165) is 16.9 Å². The van der Waals surface area contributed by atoms with Crippen molar-refractivity contribution >= 4 is 27.2 Å². The van der Waals surface area contributed by atoms with Crippen molar-refractivity contribution in [2.24, 2.45) is 5.92 Å². The molecule has 21 heavy (non-hydrogen) atoms. The zero-order valence-corrected chi connectivity index (χ0v) is 13.1. The molecule has 0 aliphatic carbocycles. The molecule has 0 fully saturated rings. The Kier molecular flexibility index (Phi) is 3.88. The van der Waals surface area contributed by atoms with Crippen molar-refractivity contribution in [2.75, 3.05) is 0 Å². The largest absolute Gasteiger partial charge is 0.337 e. The zero-order valence-electron chi connectivity index (χ0n) is 12.2. The molecule has 2 aromatic heterocycles. The number of carbonyl (C=O) groups is 1. The van der Waals surface area contributed by atoms with Gasteiger partial charge in [0.2, 0.25) is 0 Å². The number of fused-ring (bicyclic) bond motifs is 1. The molecule has 0 saturated heterocycles. The zero-order chi connectivity index (χ0) is 14.8. The minimum Gasteiger partial charge on any atom is -0.337 e. The maximum Gasteiger partial charge on any atom is 0.177 e. The van der Waals surface area contributed by atoms with E-state index < -0.39 is 0 Å². The van der Waals surface area contributed by atoms with Crippen LogP contribution in [-0.4, -0.2) is 15.3 Å². The smallest absolute Gasteiger partial charge is 0.177 e. The van der Waals surface area contributed by atoms with E-state index in [-0.39, 0.29) is 11.7 Å². The Bertz CT molecular complexity index is 758. The number of Topliss-reactive ketones (excluding diaryl/α,β-unsaturated/α-hetero) is 1. The van der Waals surface area contributed by atoms with Gasteiger partial charge in [-0.25, -0.2) is 4.98 Å². The molecule has 3 aromatic rings. The number of aromatic nitrogens is 2. The number of hydrogen-bond acceptors (Lipinski definition) is 3. The van der Waals surface area contributed by atoms with Gasteiger partial charge < -0.3 is 4.57 Å². The summed E-state index contributed by atoms with van der Waals surface area (Å²) in [6.45, 7) is 4.82. The van der Waals surface area contributed by atoms with Gasteiger partial charge in [0.25, 0.3) is 0 Å². The molecule has 0 N–H and O–H groups in total. The lowest BCUT2D eigenvalue weighted by molar-refractivity contribution is 0.0907. The number of imidazole rings is 1. The van der Waals surface area contributed by atoms with E-state index in [0.29, 0.717) is 6.54 Å². The second-order valence-electron chi connectivity index (χ2n) is 5.28. The van der Waals surface area contributed by atoms with Gasteiger partial charge in [0, 0.05) is 29.6 Å². The molecule has 1 unspecified atom stereocenters. The molecule has 3 rings (SSSR count). The van der Waals surface area contributed by atoms with Crippen molar-refractivity contribution < 1.29 is 4.79 Å². The fourth-order valence-corrected chi connectivity index (χ4v) is 3.87. The van der Waals surface area contributed by atoms with Crippen molar-refractivity contribution in [3.05, 3.63) is 53.4 Å². The van der Waals surface area contributed by atoms with Gasteiger partial charge in [-0.3, -0.25) is 4.79 Å². The van der Waals surface area contributed by atoms with Crippen molar-refractivity contribution in [2.45, 2.75) is 26.8 Å². The number of ketones is 1. The first kappa shape index (κ1) is 14.0. The van der Waals surface area contributed by atoms with Crippen LogP contribution in [-0.2, 0) is 6.54 Å². The summed E-state index contributed by atoms with van der Waals surface area (Å²) in [4.78, 5) is 17.8. The number of hydrogen-bond donors (Lipinski definition) is 0. The summed E-state index contributed by atoms with van der Waals surface area (Å²) in [6, 6.07) is 8.23. The molecule has 0 aliphatic rings. The standard InChI is InChI=1S/C17H18N2OS/c1-3-13(10-19-9-8-18-11-19)16(20)17-12(2)14-6-4-5-7-15(14)21-17/h4-9,11,13H,3,10H2,1-2H3. The maximum absolute atomic E-state index is 12.9. The predicted molar refractivity (Wildman–Crippen MR) is 86.9 cm³/mol. The maximum atomic E-state index is 12.9. The topological polar surface area (TPSA) is 34.9 Å². The van der Waals surface area contributed by atoms with Crippen LogP contribution in [0.4, 0.5) is 0 Å². The summed E-state index contributed by atoms with van der Waals surface area (Å²) in [5.74, 6) is 0.260. The van der Waals surface area contributed by atoms with Gasteiger partial charge >= 0.3 is 0 Å². The number of thiophene rings is 1. The van der Waals surface area contributed by atoms with Crippen LogP contribution in [0.1, 0.15) is 28.6 Å². The predicted octanol–water partition coefficient (Wildman–Crippen LogP) is 4.32. The van der Waals surface area contributed by atoms with Crippen LogP contribution < -0.4 is 0 Å². The summed E-state index contributed by atoms with van der Waals surface area (Å²) in [5, 5.41) is 1.20. The van der Waals surface area contributed by atoms with Gasteiger partial charge in [0.05, 0.1) is 11.2 Å². The highest BCUT2D eigenvalue weighted by Crippen LogP contribution is 2.32. The van der Waals surface area contributed by atoms with Crippen LogP contribution in [0.5, 0.6) is 0 Å². The van der Waals surface area contributed by atoms with Gasteiger partial charge in [0.15, 0.2) is 5.78 Å². The van der Waals surface area contributed by atoms with Crippen LogP contribution in [0.3, 0.4) is 0 Å². The lowest BCUT2D eigenvalue weighted by Crippen LogP contribution is -2.19. The highest BCUT2D eigenvalue weighted by atomic mass is 32.1. The van der Waals surface area contributed by atoms with Crippen molar-refractivity contribution in [1.29, 1.82) is 0 Å². The second-order valence-corrected chi connectivity index (χ2v) is 6.33. The molecule has 0 saturated carbocycles. The summed E-state index contributed by atoms with van der Waals surface area (Å²) < 4.78 is 3.17. The van der Waals surface area contributed by atoms with Crippen molar-refractivity contribution in [3.8, 4) is 0 Å². The van der Waals surface area contributed by atoms with Crippen LogP contribution in [0.15, 0.2) is 43.0 Å². The third-order valence-corrected chi connectivity index (χ3v) is 5.21. The molecule has 1 atom stereocenters. The molecular formula is C17H18N2OS. The SMILES string of the molecule is CCC(Cn1ccnc1)C(=O)c1sc2ccccc2c1C. The van der Waals surface area contributed by atoms with Gasteiger partial charge in [0.1, 0.15) is 0 Å². The van der Waals surface area contributed by atoms with Crippen LogP contribution >= 0.6 is 11.3 Å². The number of benzene rings is 1. The third-order valence-electron chi connectivity index (χ3n) is 3.92. The first-order chi connectivity index (χ1) is 10.2. The summed E-state index contributed by atoms with van der Waals surface area (Å²) in [5.41, 5.74) is 1.12. The van der Waals surface area contributed by atoms with E-state index in [2.05, 4.69) is 31.0 Å². The highest BCUT2D eigenvalue weighted by molar-refractivity contribution is 7.21. The first-order valence-electron chi connectivity index (χ1n) is 7.18. The minimum atomic E-state index is 0.00552. The molecule has 2 heterocycles. The quantitative estimate of drug-likeness (QED) is 0.658. The van der Waals surface area contributed by atoms with E-state index in [9.17, 15) is 4.79 Å². The molecule has 0 bridgehead atoms. The van der Waals surface area contributed by atoms with E-state index in [4.69, 9.17) is 0 Å². The van der Waals surface area contributed by atoms with E-state index in [1.165, 1.54) is 10.1 Å². The van der Waals surface area contributed by atoms with E-state index in [1.807, 2.05) is 22.9 Å². The van der Waals surface area contributed by atoms with Crippen LogP contribution in [0.25, 0.3) is 10.1 Å². The second kappa shape index (κ2) is 5.82. The summed E-state index contributed by atoms with van der Waals surface area (Å²) >= 11 is 1.61. The Morgan fingerprint density at radius 3 is 2.86 bits per heavy atom. The van der Waals surface area contributed by atoms with Gasteiger partial charge in [-0.1, -0.05) is 25.1 Å². The van der Waals surface area contributed by atoms with E-state index >= 15 is 0 Å². The average Bonchev–Trinajstić information content (AvgIpc) is 3.13. The average molecular weight is 298 g/mol. The molecule has 108 valence electrons. The Balaban J connectivity index is 1.93.